The summed E-state index contributed by atoms with van der Waals surface area (Å²) in [5.41, 5.74) is 1.47. The standard InChI is InChI=1S/C24H31F2NO2.C5H11NO/c1-23-11-10-19-18-8-6-17(28)12-14(18)2-7-20(19)22(23)15(13-24(23,25)26)3-9-21(29)27-16-4-5-16;1-3-4-5(7)6-2/h6,8,12,15-16,19-20,22,28H,2-5,7,9-11,13H2,1H3,(H,27,29);3-4H2,1-2H3,(H,6,7)/t15-,19-,20-,22+,23+;/m1./s1. The first-order valence-corrected chi connectivity index (χ1v) is 13.8. The number of phenolic OH excluding ortho intramolecular Hbond substituents is 1. The van der Waals surface area contributed by atoms with Crippen molar-refractivity contribution < 1.29 is 23.5 Å². The van der Waals surface area contributed by atoms with Crippen LogP contribution in [0.5, 0.6) is 5.75 Å². The van der Waals surface area contributed by atoms with Gasteiger partial charge in [0.05, 0.1) is 0 Å². The molecule has 3 fully saturated rings. The van der Waals surface area contributed by atoms with Crippen LogP contribution in [0.15, 0.2) is 18.2 Å². The number of aryl methyl sites for hydroxylation is 1. The van der Waals surface area contributed by atoms with E-state index in [0.29, 0.717) is 37.6 Å². The molecule has 200 valence electrons. The normalized spacial score (nSPS) is 31.7. The Morgan fingerprint density at radius 2 is 1.86 bits per heavy atom. The number of phenols is 1. The number of carbonyl (C=O) groups is 2. The van der Waals surface area contributed by atoms with Crippen LogP contribution in [0.1, 0.15) is 95.1 Å². The Hall–Kier alpha value is -2.18. The van der Waals surface area contributed by atoms with E-state index < -0.39 is 11.3 Å². The van der Waals surface area contributed by atoms with Gasteiger partial charge in [-0.3, -0.25) is 9.59 Å². The van der Waals surface area contributed by atoms with Crippen LogP contribution in [0.4, 0.5) is 8.78 Å². The van der Waals surface area contributed by atoms with E-state index in [2.05, 4.69) is 10.6 Å². The molecule has 5 atom stereocenters. The van der Waals surface area contributed by atoms with Crippen molar-refractivity contribution in [1.29, 1.82) is 0 Å². The minimum Gasteiger partial charge on any atom is -0.508 e. The third-order valence-corrected chi connectivity index (χ3v) is 9.26. The van der Waals surface area contributed by atoms with Crippen LogP contribution in [0, 0.1) is 23.2 Å². The molecule has 0 saturated heterocycles. The van der Waals surface area contributed by atoms with Gasteiger partial charge < -0.3 is 15.7 Å². The van der Waals surface area contributed by atoms with E-state index in [1.165, 1.54) is 11.1 Å². The second-order valence-electron chi connectivity index (χ2n) is 11.6. The maximum Gasteiger partial charge on any atom is 0.253 e. The number of carbonyl (C=O) groups excluding carboxylic acids is 2. The average molecular weight is 505 g/mol. The molecule has 0 aliphatic heterocycles. The highest BCUT2D eigenvalue weighted by molar-refractivity contribution is 5.76. The molecule has 3 saturated carbocycles. The summed E-state index contributed by atoms with van der Waals surface area (Å²) >= 11 is 0. The van der Waals surface area contributed by atoms with Crippen LogP contribution >= 0.6 is 0 Å². The van der Waals surface area contributed by atoms with Gasteiger partial charge in [-0.2, -0.15) is 0 Å². The van der Waals surface area contributed by atoms with E-state index >= 15 is 8.78 Å². The number of alkyl halides is 2. The number of halogens is 2. The van der Waals surface area contributed by atoms with Crippen LogP contribution in [0.3, 0.4) is 0 Å². The third kappa shape index (κ3) is 5.40. The Kier molecular flexibility index (Phi) is 7.96. The van der Waals surface area contributed by atoms with Gasteiger partial charge in [0.1, 0.15) is 5.75 Å². The number of nitrogens with one attached hydrogen (secondary N) is 2. The first-order valence-electron chi connectivity index (χ1n) is 13.8. The predicted octanol–water partition coefficient (Wildman–Crippen LogP) is 5.70. The summed E-state index contributed by atoms with van der Waals surface area (Å²) in [5.74, 6) is -1.79. The van der Waals surface area contributed by atoms with E-state index in [0.717, 1.165) is 38.5 Å². The van der Waals surface area contributed by atoms with Crippen molar-refractivity contribution in [2.75, 3.05) is 7.05 Å². The van der Waals surface area contributed by atoms with E-state index in [1.807, 2.05) is 26.0 Å². The molecule has 5 nitrogen and oxygen atoms in total. The summed E-state index contributed by atoms with van der Waals surface area (Å²) in [6, 6.07) is 5.92. The fourth-order valence-electron chi connectivity index (χ4n) is 7.28. The third-order valence-electron chi connectivity index (χ3n) is 9.26. The van der Waals surface area contributed by atoms with Crippen molar-refractivity contribution in [2.24, 2.45) is 23.2 Å². The molecule has 2 amide bonds. The number of amides is 2. The molecule has 0 bridgehead atoms. The second-order valence-corrected chi connectivity index (χ2v) is 11.6. The van der Waals surface area contributed by atoms with Crippen LogP contribution in [0.2, 0.25) is 0 Å². The maximum atomic E-state index is 15.2. The van der Waals surface area contributed by atoms with E-state index in [4.69, 9.17) is 0 Å². The summed E-state index contributed by atoms with van der Waals surface area (Å²) in [6.45, 7) is 3.79. The van der Waals surface area contributed by atoms with E-state index in [9.17, 15) is 14.7 Å². The second kappa shape index (κ2) is 10.7. The molecule has 3 N–H and O–H groups in total. The molecule has 0 radical (unpaired) electrons. The highest BCUT2D eigenvalue weighted by Gasteiger charge is 2.67. The molecule has 1 aromatic rings. The summed E-state index contributed by atoms with van der Waals surface area (Å²) in [7, 11) is 1.65. The molecule has 36 heavy (non-hydrogen) atoms. The average Bonchev–Trinajstić information content (AvgIpc) is 3.62. The first-order chi connectivity index (χ1) is 17.1. The maximum absolute atomic E-state index is 15.2. The minimum absolute atomic E-state index is 0.0289. The van der Waals surface area contributed by atoms with Crippen molar-refractivity contribution in [3.8, 4) is 5.75 Å². The zero-order valence-corrected chi connectivity index (χ0v) is 21.9. The molecule has 0 aromatic heterocycles. The summed E-state index contributed by atoms with van der Waals surface area (Å²) in [4.78, 5) is 22.5. The Bertz CT molecular complexity index is 964. The number of fused-ring (bicyclic) bond motifs is 5. The van der Waals surface area contributed by atoms with Crippen LogP contribution in [-0.2, 0) is 16.0 Å². The fraction of sp³-hybridized carbons (Fsp3) is 0.724. The van der Waals surface area contributed by atoms with Crippen LogP contribution in [-0.4, -0.2) is 35.9 Å². The molecule has 4 aliphatic carbocycles. The van der Waals surface area contributed by atoms with Gasteiger partial charge in [-0.25, -0.2) is 8.78 Å². The molecule has 0 unspecified atom stereocenters. The van der Waals surface area contributed by atoms with Gasteiger partial charge in [-0.15, -0.1) is 0 Å². The molecule has 0 heterocycles. The Labute approximate surface area is 213 Å². The van der Waals surface area contributed by atoms with Crippen LogP contribution in [0.25, 0.3) is 0 Å². The summed E-state index contributed by atoms with van der Waals surface area (Å²) in [5, 5.41) is 15.4. The lowest BCUT2D eigenvalue weighted by Crippen LogP contribution is -2.47. The quantitative estimate of drug-likeness (QED) is 0.465. The van der Waals surface area contributed by atoms with Gasteiger partial charge in [-0.05, 0) is 98.3 Å². The van der Waals surface area contributed by atoms with Crippen LogP contribution < -0.4 is 10.6 Å². The Morgan fingerprint density at radius 1 is 1.11 bits per heavy atom. The van der Waals surface area contributed by atoms with Gasteiger partial charge in [-0.1, -0.05) is 19.9 Å². The number of rotatable bonds is 6. The zero-order chi connectivity index (χ0) is 26.1. The summed E-state index contributed by atoms with van der Waals surface area (Å²) < 4.78 is 30.5. The lowest BCUT2D eigenvalue weighted by atomic mass is 9.53. The van der Waals surface area contributed by atoms with Crippen molar-refractivity contribution in [3.05, 3.63) is 29.3 Å². The summed E-state index contributed by atoms with van der Waals surface area (Å²) in [6.07, 6.45) is 7.62. The number of aromatic hydroxyl groups is 1. The zero-order valence-electron chi connectivity index (χ0n) is 21.9. The smallest absolute Gasteiger partial charge is 0.253 e. The lowest BCUT2D eigenvalue weighted by molar-refractivity contribution is -0.133. The molecular formula is C29H42F2N2O3. The van der Waals surface area contributed by atoms with Gasteiger partial charge >= 0.3 is 0 Å². The highest BCUT2D eigenvalue weighted by Crippen LogP contribution is 2.68. The lowest BCUT2D eigenvalue weighted by Gasteiger charge is -2.51. The molecule has 0 spiro atoms. The number of hydrogen-bond acceptors (Lipinski definition) is 3. The highest BCUT2D eigenvalue weighted by atomic mass is 19.3. The molecule has 5 rings (SSSR count). The van der Waals surface area contributed by atoms with Gasteiger partial charge in [0.15, 0.2) is 0 Å². The SMILES string of the molecule is CCCC(=O)NC.C[C@]12CC[C@@H]3c4ccc(O)cc4CC[C@H]3[C@@H]1[C@H](CCC(=O)NC1CC1)CC2(F)F. The van der Waals surface area contributed by atoms with Crippen molar-refractivity contribution >= 4 is 11.8 Å². The number of benzene rings is 1. The fourth-order valence-corrected chi connectivity index (χ4v) is 7.28. The number of hydrogen-bond donors (Lipinski definition) is 3. The first kappa shape index (κ1) is 26.9. The molecular weight excluding hydrogens is 462 g/mol. The predicted molar refractivity (Wildman–Crippen MR) is 136 cm³/mol. The van der Waals surface area contributed by atoms with Gasteiger partial charge in [0.2, 0.25) is 11.8 Å². The minimum atomic E-state index is -2.66. The molecule has 4 aliphatic rings. The van der Waals surface area contributed by atoms with Crippen molar-refractivity contribution in [1.82, 2.24) is 10.6 Å². The van der Waals surface area contributed by atoms with Crippen molar-refractivity contribution in [2.45, 2.75) is 102 Å². The largest absolute Gasteiger partial charge is 0.508 e. The molecule has 7 heteroatoms. The van der Waals surface area contributed by atoms with Gasteiger partial charge in [0.25, 0.3) is 5.92 Å². The Morgan fingerprint density at radius 3 is 2.50 bits per heavy atom. The molecule has 1 aromatic carbocycles. The topological polar surface area (TPSA) is 78.4 Å². The van der Waals surface area contributed by atoms with E-state index in [1.54, 1.807) is 13.1 Å². The Balaban J connectivity index is 0.000000384. The van der Waals surface area contributed by atoms with E-state index in [-0.39, 0.29) is 41.7 Å². The van der Waals surface area contributed by atoms with Gasteiger partial charge in [0, 0.05) is 37.8 Å². The van der Waals surface area contributed by atoms with Crippen molar-refractivity contribution in [3.63, 3.8) is 0 Å². The monoisotopic (exact) mass is 504 g/mol.